The van der Waals surface area contributed by atoms with E-state index < -0.39 is 0 Å². The van der Waals surface area contributed by atoms with E-state index in [0.29, 0.717) is 6.61 Å². The van der Waals surface area contributed by atoms with Crippen LogP contribution in [0.1, 0.15) is 16.7 Å². The van der Waals surface area contributed by atoms with Gasteiger partial charge in [-0.05, 0) is 42.3 Å². The van der Waals surface area contributed by atoms with Crippen LogP contribution in [0.4, 0.5) is 5.69 Å². The molecule has 1 N–H and O–H groups in total. The third kappa shape index (κ3) is 4.62. The van der Waals surface area contributed by atoms with Crippen LogP contribution in [0.2, 0.25) is 0 Å². The summed E-state index contributed by atoms with van der Waals surface area (Å²) in [6.45, 7) is 3.50. The number of ether oxygens (including phenoxy) is 1. The van der Waals surface area contributed by atoms with Crippen molar-refractivity contribution in [3.05, 3.63) is 95.6 Å². The molecule has 3 aromatic carbocycles. The van der Waals surface area contributed by atoms with Crippen LogP contribution in [0, 0.1) is 6.92 Å². The summed E-state index contributed by atoms with van der Waals surface area (Å²) in [5, 5.41) is 3.40. The lowest BCUT2D eigenvalue weighted by Crippen LogP contribution is -1.99. The molecule has 0 saturated carbocycles. The van der Waals surface area contributed by atoms with Gasteiger partial charge in [0.05, 0.1) is 0 Å². The van der Waals surface area contributed by atoms with Gasteiger partial charge in [-0.2, -0.15) is 0 Å². The van der Waals surface area contributed by atoms with Gasteiger partial charge in [-0.25, -0.2) is 0 Å². The van der Waals surface area contributed by atoms with Gasteiger partial charge in [0.1, 0.15) is 12.4 Å². The van der Waals surface area contributed by atoms with Crippen molar-refractivity contribution in [2.45, 2.75) is 20.1 Å². The second-order valence-electron chi connectivity index (χ2n) is 5.64. The van der Waals surface area contributed by atoms with Crippen LogP contribution >= 0.6 is 0 Å². The van der Waals surface area contributed by atoms with Crippen molar-refractivity contribution in [2.24, 2.45) is 0 Å². The normalized spacial score (nSPS) is 10.3. The first-order valence-corrected chi connectivity index (χ1v) is 7.86. The van der Waals surface area contributed by atoms with Crippen molar-refractivity contribution in [3.63, 3.8) is 0 Å². The highest BCUT2D eigenvalue weighted by molar-refractivity contribution is 5.43. The average molecular weight is 303 g/mol. The molecule has 2 heteroatoms. The zero-order chi connectivity index (χ0) is 15.9. The Balaban J connectivity index is 1.51. The molecule has 3 rings (SSSR count). The van der Waals surface area contributed by atoms with Crippen molar-refractivity contribution in [2.75, 3.05) is 5.32 Å². The van der Waals surface area contributed by atoms with Crippen LogP contribution in [0.25, 0.3) is 0 Å². The van der Waals surface area contributed by atoms with E-state index in [1.165, 1.54) is 16.7 Å². The van der Waals surface area contributed by atoms with E-state index in [1.54, 1.807) is 0 Å². The van der Waals surface area contributed by atoms with Crippen molar-refractivity contribution in [3.8, 4) is 5.75 Å². The van der Waals surface area contributed by atoms with Gasteiger partial charge in [0, 0.05) is 12.2 Å². The number of anilines is 1. The van der Waals surface area contributed by atoms with E-state index in [0.717, 1.165) is 18.0 Å². The minimum absolute atomic E-state index is 0.599. The van der Waals surface area contributed by atoms with E-state index in [2.05, 4.69) is 60.8 Å². The van der Waals surface area contributed by atoms with Crippen LogP contribution < -0.4 is 10.1 Å². The second-order valence-corrected chi connectivity index (χ2v) is 5.64. The van der Waals surface area contributed by atoms with Gasteiger partial charge in [-0.15, -0.1) is 0 Å². The molecule has 0 saturated heterocycles. The molecule has 0 aliphatic rings. The molecule has 2 nitrogen and oxygen atoms in total. The van der Waals surface area contributed by atoms with Gasteiger partial charge in [-0.3, -0.25) is 0 Å². The highest BCUT2D eigenvalue weighted by Gasteiger charge is 1.98. The first-order chi connectivity index (χ1) is 11.3. The third-order valence-corrected chi connectivity index (χ3v) is 3.72. The highest BCUT2D eigenvalue weighted by atomic mass is 16.5. The Labute approximate surface area is 137 Å². The Kier molecular flexibility index (Phi) is 4.95. The number of nitrogens with one attached hydrogen (secondary N) is 1. The van der Waals surface area contributed by atoms with Gasteiger partial charge in [-0.1, -0.05) is 60.2 Å². The van der Waals surface area contributed by atoms with Gasteiger partial charge in [0.15, 0.2) is 0 Å². The molecule has 0 aliphatic heterocycles. The Morgan fingerprint density at radius 2 is 1.39 bits per heavy atom. The summed E-state index contributed by atoms with van der Waals surface area (Å²) in [5.41, 5.74) is 4.82. The first kappa shape index (κ1) is 15.2. The Morgan fingerprint density at radius 3 is 2.09 bits per heavy atom. The van der Waals surface area contributed by atoms with Gasteiger partial charge in [0.2, 0.25) is 0 Å². The molecule has 0 aliphatic carbocycles. The minimum atomic E-state index is 0.599. The molecule has 0 bridgehead atoms. The summed E-state index contributed by atoms with van der Waals surface area (Å²) in [6, 6.07) is 26.9. The number of rotatable bonds is 6. The van der Waals surface area contributed by atoms with Crippen LogP contribution in [-0.4, -0.2) is 0 Å². The summed E-state index contributed by atoms with van der Waals surface area (Å²) < 4.78 is 5.83. The molecule has 0 spiro atoms. The molecule has 0 radical (unpaired) electrons. The molecule has 0 amide bonds. The number of benzene rings is 3. The third-order valence-electron chi connectivity index (χ3n) is 3.72. The summed E-state index contributed by atoms with van der Waals surface area (Å²) >= 11 is 0. The van der Waals surface area contributed by atoms with E-state index in [4.69, 9.17) is 4.74 Å². The van der Waals surface area contributed by atoms with Crippen LogP contribution in [-0.2, 0) is 13.2 Å². The predicted octanol–water partition coefficient (Wildman–Crippen LogP) is 5.19. The van der Waals surface area contributed by atoms with E-state index >= 15 is 0 Å². The molecular weight excluding hydrogens is 282 g/mol. The number of hydrogen-bond acceptors (Lipinski definition) is 2. The van der Waals surface area contributed by atoms with E-state index in [-0.39, 0.29) is 0 Å². The van der Waals surface area contributed by atoms with Gasteiger partial charge >= 0.3 is 0 Å². The fourth-order valence-electron chi connectivity index (χ4n) is 2.31. The zero-order valence-electron chi connectivity index (χ0n) is 13.3. The Morgan fingerprint density at radius 1 is 0.739 bits per heavy atom. The Bertz CT molecular complexity index is 718. The van der Waals surface area contributed by atoms with Crippen LogP contribution in [0.3, 0.4) is 0 Å². The maximum Gasteiger partial charge on any atom is 0.119 e. The van der Waals surface area contributed by atoms with Crippen molar-refractivity contribution in [1.82, 2.24) is 0 Å². The zero-order valence-corrected chi connectivity index (χ0v) is 13.3. The molecule has 0 fully saturated rings. The molecule has 3 aromatic rings. The lowest BCUT2D eigenvalue weighted by atomic mass is 10.2. The quantitative estimate of drug-likeness (QED) is 0.677. The fraction of sp³-hybridized carbons (Fsp3) is 0.143. The van der Waals surface area contributed by atoms with Crippen molar-refractivity contribution >= 4 is 5.69 Å². The van der Waals surface area contributed by atoms with Gasteiger partial charge in [0.25, 0.3) is 0 Å². The van der Waals surface area contributed by atoms with Crippen molar-refractivity contribution < 1.29 is 4.74 Å². The first-order valence-electron chi connectivity index (χ1n) is 7.86. The molecule has 23 heavy (non-hydrogen) atoms. The van der Waals surface area contributed by atoms with E-state index in [1.807, 2.05) is 30.3 Å². The van der Waals surface area contributed by atoms with Crippen molar-refractivity contribution in [1.29, 1.82) is 0 Å². The monoisotopic (exact) mass is 303 g/mol. The molecule has 0 heterocycles. The number of hydrogen-bond donors (Lipinski definition) is 1. The van der Waals surface area contributed by atoms with Crippen LogP contribution in [0.5, 0.6) is 5.75 Å². The summed E-state index contributed by atoms with van der Waals surface area (Å²) in [7, 11) is 0. The molecule has 0 aromatic heterocycles. The summed E-state index contributed by atoms with van der Waals surface area (Å²) in [6.07, 6.45) is 0. The Hall–Kier alpha value is -2.74. The number of aryl methyl sites for hydroxylation is 1. The summed E-state index contributed by atoms with van der Waals surface area (Å²) in [4.78, 5) is 0. The average Bonchev–Trinajstić information content (AvgIpc) is 2.61. The SMILES string of the molecule is Cc1ccc(COc2ccc(CNc3ccccc3)cc2)cc1. The number of para-hydroxylation sites is 1. The molecule has 116 valence electrons. The molecule has 0 unspecified atom stereocenters. The molecule has 0 atom stereocenters. The smallest absolute Gasteiger partial charge is 0.119 e. The summed E-state index contributed by atoms with van der Waals surface area (Å²) in [5.74, 6) is 0.897. The predicted molar refractivity (Wildman–Crippen MR) is 95.7 cm³/mol. The lowest BCUT2D eigenvalue weighted by molar-refractivity contribution is 0.306. The minimum Gasteiger partial charge on any atom is -0.489 e. The second kappa shape index (κ2) is 7.50. The standard InChI is InChI=1S/C21H21NO/c1-17-7-9-19(10-8-17)16-23-21-13-11-18(12-14-21)15-22-20-5-3-2-4-6-20/h2-14,22H,15-16H2,1H3. The topological polar surface area (TPSA) is 21.3 Å². The molecular formula is C21H21NO. The van der Waals surface area contributed by atoms with Crippen LogP contribution in [0.15, 0.2) is 78.9 Å². The highest BCUT2D eigenvalue weighted by Crippen LogP contribution is 2.16. The maximum atomic E-state index is 5.83. The maximum absolute atomic E-state index is 5.83. The largest absolute Gasteiger partial charge is 0.489 e. The fourth-order valence-corrected chi connectivity index (χ4v) is 2.31. The lowest BCUT2D eigenvalue weighted by Gasteiger charge is -2.09. The van der Waals surface area contributed by atoms with E-state index in [9.17, 15) is 0 Å². The van der Waals surface area contributed by atoms with Gasteiger partial charge < -0.3 is 10.1 Å².